The van der Waals surface area contributed by atoms with Gasteiger partial charge in [-0.05, 0) is 25.7 Å². The molecule has 1 saturated carbocycles. The van der Waals surface area contributed by atoms with Crippen LogP contribution in [-0.2, 0) is 9.59 Å². The molecule has 0 saturated heterocycles. The first-order valence-corrected chi connectivity index (χ1v) is 5.94. The number of rotatable bonds is 5. The largest absolute Gasteiger partial charge is 0.356 e. The number of hydrogen-bond donors (Lipinski definition) is 1. The van der Waals surface area contributed by atoms with Crippen molar-refractivity contribution in [2.45, 2.75) is 51.9 Å². The van der Waals surface area contributed by atoms with Crippen LogP contribution in [0, 0.1) is 5.92 Å². The summed E-state index contributed by atoms with van der Waals surface area (Å²) in [7, 11) is 0. The van der Waals surface area contributed by atoms with Crippen molar-refractivity contribution < 1.29 is 9.59 Å². The fourth-order valence-corrected chi connectivity index (χ4v) is 2.10. The van der Waals surface area contributed by atoms with E-state index in [1.807, 2.05) is 0 Å². The van der Waals surface area contributed by atoms with Crippen molar-refractivity contribution in [3.63, 3.8) is 0 Å². The third-order valence-corrected chi connectivity index (χ3v) is 3.00. The zero-order chi connectivity index (χ0) is 11.1. The molecule has 1 amide bonds. The van der Waals surface area contributed by atoms with Crippen molar-refractivity contribution in [1.82, 2.24) is 5.32 Å². The quantitative estimate of drug-likeness (QED) is 0.756. The molecule has 1 N–H and O–H groups in total. The summed E-state index contributed by atoms with van der Waals surface area (Å²) in [5.41, 5.74) is 0. The van der Waals surface area contributed by atoms with Crippen LogP contribution in [0.2, 0.25) is 0 Å². The van der Waals surface area contributed by atoms with E-state index in [0.29, 0.717) is 25.3 Å². The Balaban J connectivity index is 2.09. The Hall–Kier alpha value is -0.860. The molecule has 0 aromatic rings. The molecule has 1 fully saturated rings. The summed E-state index contributed by atoms with van der Waals surface area (Å²) < 4.78 is 0. The SMILES string of the molecule is CC(=O)CCNC(=O)CC1CCCCC1. The summed E-state index contributed by atoms with van der Waals surface area (Å²) in [5, 5.41) is 2.80. The van der Waals surface area contributed by atoms with Crippen LogP contribution < -0.4 is 5.32 Å². The van der Waals surface area contributed by atoms with Crippen molar-refractivity contribution in [3.05, 3.63) is 0 Å². The van der Waals surface area contributed by atoms with Gasteiger partial charge in [0.25, 0.3) is 0 Å². The molecule has 0 aliphatic heterocycles. The zero-order valence-electron chi connectivity index (χ0n) is 9.55. The maximum atomic E-state index is 11.5. The second kappa shape index (κ2) is 6.59. The van der Waals surface area contributed by atoms with Crippen LogP contribution in [0.25, 0.3) is 0 Å². The molecule has 1 rings (SSSR count). The van der Waals surface area contributed by atoms with Crippen LogP contribution in [-0.4, -0.2) is 18.2 Å². The van der Waals surface area contributed by atoms with Crippen LogP contribution in [0.3, 0.4) is 0 Å². The Kier molecular flexibility index (Phi) is 5.37. The molecule has 0 spiro atoms. The Bertz CT molecular complexity index is 220. The monoisotopic (exact) mass is 211 g/mol. The van der Waals surface area contributed by atoms with E-state index in [0.717, 1.165) is 0 Å². The maximum Gasteiger partial charge on any atom is 0.220 e. The molecular formula is C12H21NO2. The summed E-state index contributed by atoms with van der Waals surface area (Å²) in [6, 6.07) is 0. The van der Waals surface area contributed by atoms with Crippen molar-refractivity contribution >= 4 is 11.7 Å². The molecule has 0 unspecified atom stereocenters. The third-order valence-electron chi connectivity index (χ3n) is 3.00. The standard InChI is InChI=1S/C12H21NO2/c1-10(14)7-8-13-12(15)9-11-5-3-2-4-6-11/h11H,2-9H2,1H3,(H,13,15). The molecular weight excluding hydrogens is 190 g/mol. The lowest BCUT2D eigenvalue weighted by atomic mass is 9.87. The predicted octanol–water partition coefficient (Wildman–Crippen LogP) is 2.05. The highest BCUT2D eigenvalue weighted by Gasteiger charge is 2.16. The average molecular weight is 211 g/mol. The average Bonchev–Trinajstić information content (AvgIpc) is 2.18. The van der Waals surface area contributed by atoms with E-state index in [4.69, 9.17) is 0 Å². The number of carbonyl (C=O) groups excluding carboxylic acids is 2. The fourth-order valence-electron chi connectivity index (χ4n) is 2.10. The Morgan fingerprint density at radius 3 is 2.47 bits per heavy atom. The number of ketones is 1. The third kappa shape index (κ3) is 5.55. The van der Waals surface area contributed by atoms with Gasteiger partial charge < -0.3 is 5.32 Å². The number of hydrogen-bond acceptors (Lipinski definition) is 2. The molecule has 0 radical (unpaired) electrons. The molecule has 15 heavy (non-hydrogen) atoms. The minimum atomic E-state index is 0.114. The number of carbonyl (C=O) groups is 2. The minimum absolute atomic E-state index is 0.114. The van der Waals surface area contributed by atoms with Gasteiger partial charge in [0.05, 0.1) is 0 Å². The maximum absolute atomic E-state index is 11.5. The first-order valence-electron chi connectivity index (χ1n) is 5.94. The Labute approximate surface area is 91.6 Å². The molecule has 1 aliphatic rings. The first-order chi connectivity index (χ1) is 7.18. The Morgan fingerprint density at radius 1 is 1.20 bits per heavy atom. The molecule has 3 nitrogen and oxygen atoms in total. The second-order valence-corrected chi connectivity index (χ2v) is 4.51. The summed E-state index contributed by atoms with van der Waals surface area (Å²) >= 11 is 0. The summed E-state index contributed by atoms with van der Waals surface area (Å²) in [6.07, 6.45) is 7.35. The highest BCUT2D eigenvalue weighted by atomic mass is 16.1. The number of nitrogens with one attached hydrogen (secondary N) is 1. The van der Waals surface area contributed by atoms with Crippen LogP contribution in [0.15, 0.2) is 0 Å². The first kappa shape index (κ1) is 12.2. The van der Waals surface area contributed by atoms with Crippen LogP contribution >= 0.6 is 0 Å². The summed E-state index contributed by atoms with van der Waals surface area (Å²) in [6.45, 7) is 2.05. The van der Waals surface area contributed by atoms with Crippen LogP contribution in [0.5, 0.6) is 0 Å². The van der Waals surface area contributed by atoms with E-state index in [2.05, 4.69) is 5.32 Å². The van der Waals surface area contributed by atoms with E-state index in [1.54, 1.807) is 6.92 Å². The van der Waals surface area contributed by atoms with E-state index in [1.165, 1.54) is 32.1 Å². The van der Waals surface area contributed by atoms with E-state index >= 15 is 0 Å². The molecule has 0 atom stereocenters. The lowest BCUT2D eigenvalue weighted by Crippen LogP contribution is -2.28. The highest BCUT2D eigenvalue weighted by Crippen LogP contribution is 2.25. The predicted molar refractivity (Wildman–Crippen MR) is 59.5 cm³/mol. The van der Waals surface area contributed by atoms with Crippen molar-refractivity contribution in [2.75, 3.05) is 6.54 Å². The van der Waals surface area contributed by atoms with Crippen LogP contribution in [0.4, 0.5) is 0 Å². The topological polar surface area (TPSA) is 46.2 Å². The second-order valence-electron chi connectivity index (χ2n) is 4.51. The van der Waals surface area contributed by atoms with Gasteiger partial charge in [-0.1, -0.05) is 19.3 Å². The van der Waals surface area contributed by atoms with Gasteiger partial charge >= 0.3 is 0 Å². The van der Waals surface area contributed by atoms with Gasteiger partial charge in [0, 0.05) is 19.4 Å². The lowest BCUT2D eigenvalue weighted by Gasteiger charge is -2.20. The van der Waals surface area contributed by atoms with Gasteiger partial charge in [0.1, 0.15) is 5.78 Å². The fraction of sp³-hybridized carbons (Fsp3) is 0.833. The molecule has 0 heterocycles. The van der Waals surface area contributed by atoms with Gasteiger partial charge in [-0.3, -0.25) is 9.59 Å². The van der Waals surface area contributed by atoms with E-state index in [-0.39, 0.29) is 11.7 Å². The van der Waals surface area contributed by atoms with Crippen LogP contribution in [0.1, 0.15) is 51.9 Å². The number of amides is 1. The lowest BCUT2D eigenvalue weighted by molar-refractivity contribution is -0.122. The Morgan fingerprint density at radius 2 is 1.87 bits per heavy atom. The molecule has 86 valence electrons. The normalized spacial score (nSPS) is 17.4. The number of Topliss-reactive ketones (excluding diaryl/α,β-unsaturated/α-hetero) is 1. The van der Waals surface area contributed by atoms with E-state index in [9.17, 15) is 9.59 Å². The minimum Gasteiger partial charge on any atom is -0.356 e. The van der Waals surface area contributed by atoms with Gasteiger partial charge in [0.15, 0.2) is 0 Å². The van der Waals surface area contributed by atoms with Gasteiger partial charge in [-0.15, -0.1) is 0 Å². The molecule has 0 bridgehead atoms. The van der Waals surface area contributed by atoms with Crippen molar-refractivity contribution in [3.8, 4) is 0 Å². The molecule has 1 aliphatic carbocycles. The highest BCUT2D eigenvalue weighted by molar-refractivity contribution is 5.78. The van der Waals surface area contributed by atoms with Gasteiger partial charge in [0.2, 0.25) is 5.91 Å². The smallest absolute Gasteiger partial charge is 0.220 e. The molecule has 3 heteroatoms. The van der Waals surface area contributed by atoms with E-state index < -0.39 is 0 Å². The van der Waals surface area contributed by atoms with Crippen molar-refractivity contribution in [2.24, 2.45) is 5.92 Å². The zero-order valence-corrected chi connectivity index (χ0v) is 9.55. The van der Waals surface area contributed by atoms with Gasteiger partial charge in [-0.2, -0.15) is 0 Å². The molecule has 0 aromatic heterocycles. The summed E-state index contributed by atoms with van der Waals surface area (Å²) in [5.74, 6) is 0.826. The van der Waals surface area contributed by atoms with Crippen molar-refractivity contribution in [1.29, 1.82) is 0 Å². The van der Waals surface area contributed by atoms with Gasteiger partial charge in [-0.25, -0.2) is 0 Å². The summed E-state index contributed by atoms with van der Waals surface area (Å²) in [4.78, 5) is 22.1. The molecule has 0 aromatic carbocycles.